The number of nitrogens with zero attached hydrogens (tertiary/aromatic N) is 2. The minimum Gasteiger partial charge on any atom is -0.397 e. The standard InChI is InChI=1S/C20H26N4O2S/c1-22-18(25)17-16(21)13-9-10-14(23-19(13)27-17)15-8-5-11-24(15)20(26)12-6-3-2-4-7-12/h9-10,12,15H,2-8,11,21H2,1H3,(H,22,25)/t15-/m1/s1. The molecule has 1 aliphatic carbocycles. The first-order valence-electron chi connectivity index (χ1n) is 9.81. The summed E-state index contributed by atoms with van der Waals surface area (Å²) >= 11 is 1.32. The second-order valence-electron chi connectivity index (χ2n) is 7.54. The first-order valence-corrected chi connectivity index (χ1v) is 10.6. The molecular formula is C20H26N4O2S. The maximum absolute atomic E-state index is 13.1. The maximum atomic E-state index is 13.1. The number of anilines is 1. The van der Waals surface area contributed by atoms with Crippen LogP contribution in [0, 0.1) is 5.92 Å². The number of nitrogens with two attached hydrogens (primary N) is 1. The first-order chi connectivity index (χ1) is 13.1. The van der Waals surface area contributed by atoms with Crippen LogP contribution in [0.25, 0.3) is 10.2 Å². The fourth-order valence-electron chi connectivity index (χ4n) is 4.40. The number of pyridine rings is 1. The fourth-order valence-corrected chi connectivity index (χ4v) is 5.45. The molecule has 1 saturated heterocycles. The van der Waals surface area contributed by atoms with Crippen LogP contribution in [-0.2, 0) is 4.79 Å². The Balaban J connectivity index is 1.62. The van der Waals surface area contributed by atoms with E-state index in [9.17, 15) is 9.59 Å². The second-order valence-corrected chi connectivity index (χ2v) is 8.54. The molecule has 3 N–H and O–H groups in total. The zero-order valence-electron chi connectivity index (χ0n) is 15.7. The number of hydrogen-bond donors (Lipinski definition) is 2. The number of thiophene rings is 1. The fraction of sp³-hybridized carbons (Fsp3) is 0.550. The van der Waals surface area contributed by atoms with Crippen molar-refractivity contribution in [1.29, 1.82) is 0 Å². The van der Waals surface area contributed by atoms with E-state index in [4.69, 9.17) is 10.7 Å². The molecule has 2 fully saturated rings. The van der Waals surface area contributed by atoms with Gasteiger partial charge in [-0.15, -0.1) is 11.3 Å². The van der Waals surface area contributed by atoms with Crippen LogP contribution in [0.2, 0.25) is 0 Å². The largest absolute Gasteiger partial charge is 0.397 e. The molecule has 0 spiro atoms. The molecule has 7 heteroatoms. The molecule has 144 valence electrons. The van der Waals surface area contributed by atoms with Gasteiger partial charge in [0.15, 0.2) is 0 Å². The summed E-state index contributed by atoms with van der Waals surface area (Å²) in [4.78, 5) is 33.2. The maximum Gasteiger partial charge on any atom is 0.263 e. The number of amides is 2. The molecule has 0 bridgehead atoms. The summed E-state index contributed by atoms with van der Waals surface area (Å²) < 4.78 is 0. The van der Waals surface area contributed by atoms with Gasteiger partial charge in [-0.05, 0) is 37.8 Å². The van der Waals surface area contributed by atoms with Crippen molar-refractivity contribution in [3.63, 3.8) is 0 Å². The Hall–Kier alpha value is -2.15. The van der Waals surface area contributed by atoms with Crippen LogP contribution in [0.3, 0.4) is 0 Å². The molecule has 3 heterocycles. The average molecular weight is 387 g/mol. The summed E-state index contributed by atoms with van der Waals surface area (Å²) in [6, 6.07) is 3.95. The molecule has 1 aliphatic heterocycles. The van der Waals surface area contributed by atoms with Crippen molar-refractivity contribution < 1.29 is 9.59 Å². The quantitative estimate of drug-likeness (QED) is 0.845. The van der Waals surface area contributed by atoms with Gasteiger partial charge in [-0.3, -0.25) is 9.59 Å². The number of likely N-dealkylation sites (tertiary alicyclic amines) is 1. The third kappa shape index (κ3) is 3.29. The number of fused-ring (bicyclic) bond motifs is 1. The Labute approximate surface area is 163 Å². The summed E-state index contributed by atoms with van der Waals surface area (Å²) in [7, 11) is 1.60. The van der Waals surface area contributed by atoms with E-state index in [2.05, 4.69) is 5.32 Å². The number of nitrogens with one attached hydrogen (secondary N) is 1. The molecule has 4 rings (SSSR count). The molecule has 0 aromatic carbocycles. The lowest BCUT2D eigenvalue weighted by Crippen LogP contribution is -2.36. The monoisotopic (exact) mass is 386 g/mol. The smallest absolute Gasteiger partial charge is 0.263 e. The Bertz CT molecular complexity index is 872. The molecule has 1 saturated carbocycles. The van der Waals surface area contributed by atoms with E-state index in [0.717, 1.165) is 61.0 Å². The van der Waals surface area contributed by atoms with Gasteiger partial charge in [-0.1, -0.05) is 19.3 Å². The van der Waals surface area contributed by atoms with Crippen molar-refractivity contribution in [3.05, 3.63) is 22.7 Å². The van der Waals surface area contributed by atoms with E-state index in [-0.39, 0.29) is 17.9 Å². The minimum absolute atomic E-state index is 0.0376. The van der Waals surface area contributed by atoms with E-state index < -0.39 is 0 Å². The zero-order valence-corrected chi connectivity index (χ0v) is 16.5. The SMILES string of the molecule is CNC(=O)c1sc2nc([C@H]3CCCN3C(=O)C3CCCCC3)ccc2c1N. The molecule has 0 unspecified atom stereocenters. The van der Waals surface area contributed by atoms with Crippen LogP contribution in [-0.4, -0.2) is 35.3 Å². The number of nitrogen functional groups attached to an aromatic ring is 1. The lowest BCUT2D eigenvalue weighted by molar-refractivity contribution is -0.137. The van der Waals surface area contributed by atoms with Crippen molar-refractivity contribution in [3.8, 4) is 0 Å². The molecule has 2 aromatic rings. The Kier molecular flexibility index (Phi) is 5.04. The van der Waals surface area contributed by atoms with Crippen molar-refractivity contribution >= 4 is 39.1 Å². The number of carbonyl (C=O) groups is 2. The molecule has 2 aromatic heterocycles. The highest BCUT2D eigenvalue weighted by Gasteiger charge is 2.35. The Morgan fingerprint density at radius 1 is 1.19 bits per heavy atom. The van der Waals surface area contributed by atoms with E-state index in [1.54, 1.807) is 7.05 Å². The number of rotatable bonds is 3. The molecule has 6 nitrogen and oxygen atoms in total. The van der Waals surface area contributed by atoms with Gasteiger partial charge in [0, 0.05) is 24.9 Å². The Morgan fingerprint density at radius 2 is 1.96 bits per heavy atom. The first kappa shape index (κ1) is 18.2. The van der Waals surface area contributed by atoms with E-state index >= 15 is 0 Å². The highest BCUT2D eigenvalue weighted by molar-refractivity contribution is 7.21. The molecule has 0 radical (unpaired) electrons. The third-order valence-corrected chi connectivity index (χ3v) is 6.99. The third-order valence-electron chi connectivity index (χ3n) is 5.88. The van der Waals surface area contributed by atoms with Crippen molar-refractivity contribution in [1.82, 2.24) is 15.2 Å². The van der Waals surface area contributed by atoms with Gasteiger partial charge in [0.05, 0.1) is 17.4 Å². The van der Waals surface area contributed by atoms with Gasteiger partial charge in [0.1, 0.15) is 9.71 Å². The normalized spacial score (nSPS) is 20.9. The lowest BCUT2D eigenvalue weighted by atomic mass is 9.88. The summed E-state index contributed by atoms with van der Waals surface area (Å²) in [5, 5.41) is 3.43. The van der Waals surface area contributed by atoms with Gasteiger partial charge >= 0.3 is 0 Å². The van der Waals surface area contributed by atoms with Gasteiger partial charge in [0.2, 0.25) is 5.91 Å². The van der Waals surface area contributed by atoms with Crippen LogP contribution in [0.4, 0.5) is 5.69 Å². The number of carbonyl (C=O) groups excluding carboxylic acids is 2. The average Bonchev–Trinajstić information content (AvgIpc) is 3.32. The van der Waals surface area contributed by atoms with Crippen LogP contribution in [0.5, 0.6) is 0 Å². The zero-order chi connectivity index (χ0) is 19.0. The van der Waals surface area contributed by atoms with Crippen LogP contribution < -0.4 is 11.1 Å². The van der Waals surface area contributed by atoms with Crippen LogP contribution >= 0.6 is 11.3 Å². The lowest BCUT2D eigenvalue weighted by Gasteiger charge is -2.30. The molecule has 2 amide bonds. The summed E-state index contributed by atoms with van der Waals surface area (Å²) in [6.45, 7) is 0.815. The van der Waals surface area contributed by atoms with Crippen LogP contribution in [0.15, 0.2) is 12.1 Å². The topological polar surface area (TPSA) is 88.3 Å². The molecule has 27 heavy (non-hydrogen) atoms. The highest BCUT2D eigenvalue weighted by Crippen LogP contribution is 2.38. The van der Waals surface area contributed by atoms with Crippen molar-refractivity contribution in [2.75, 3.05) is 19.3 Å². The second kappa shape index (κ2) is 7.46. The predicted molar refractivity (Wildman–Crippen MR) is 108 cm³/mol. The van der Waals surface area contributed by atoms with Gasteiger partial charge in [0.25, 0.3) is 5.91 Å². The molecule has 2 aliphatic rings. The number of hydrogen-bond acceptors (Lipinski definition) is 5. The minimum atomic E-state index is -0.188. The van der Waals surface area contributed by atoms with Gasteiger partial charge in [-0.2, -0.15) is 0 Å². The van der Waals surface area contributed by atoms with Crippen LogP contribution in [0.1, 0.15) is 66.4 Å². The summed E-state index contributed by atoms with van der Waals surface area (Å²) in [5.41, 5.74) is 7.53. The van der Waals surface area contributed by atoms with Crippen molar-refractivity contribution in [2.45, 2.75) is 51.0 Å². The van der Waals surface area contributed by atoms with E-state index in [1.165, 1.54) is 17.8 Å². The number of aromatic nitrogens is 1. The highest BCUT2D eigenvalue weighted by atomic mass is 32.1. The van der Waals surface area contributed by atoms with Crippen molar-refractivity contribution in [2.24, 2.45) is 5.92 Å². The van der Waals surface area contributed by atoms with Gasteiger partial charge < -0.3 is 16.0 Å². The summed E-state index contributed by atoms with van der Waals surface area (Å²) in [6.07, 6.45) is 7.57. The van der Waals surface area contributed by atoms with Gasteiger partial charge in [-0.25, -0.2) is 4.98 Å². The van der Waals surface area contributed by atoms with E-state index in [1.807, 2.05) is 17.0 Å². The van der Waals surface area contributed by atoms with E-state index in [0.29, 0.717) is 16.5 Å². The molecule has 1 atom stereocenters. The Morgan fingerprint density at radius 3 is 2.70 bits per heavy atom. The molecular weight excluding hydrogens is 360 g/mol. The predicted octanol–water partition coefficient (Wildman–Crippen LogP) is 3.48. The summed E-state index contributed by atoms with van der Waals surface area (Å²) in [5.74, 6) is 0.295.